The molecule has 1 aliphatic carbocycles. The van der Waals surface area contributed by atoms with Crippen LogP contribution in [0.1, 0.15) is 71.8 Å². The third-order valence-corrected chi connectivity index (χ3v) is 6.59. The summed E-state index contributed by atoms with van der Waals surface area (Å²) in [6.07, 6.45) is 0.126. The number of hydrogen-bond donors (Lipinski definition) is 3. The largest absolute Gasteiger partial charge is 0.510 e. The van der Waals surface area contributed by atoms with Gasteiger partial charge in [-0.1, -0.05) is 19.8 Å². The molecule has 1 aromatic carbocycles. The number of fused-ring (bicyclic) bond motifs is 1. The van der Waals surface area contributed by atoms with Crippen molar-refractivity contribution in [2.45, 2.75) is 90.2 Å². The van der Waals surface area contributed by atoms with Crippen LogP contribution < -0.4 is 5.32 Å². The molecule has 0 bridgehead atoms. The van der Waals surface area contributed by atoms with Crippen molar-refractivity contribution in [2.75, 3.05) is 12.1 Å². The molecule has 15 heteroatoms. The zero-order chi connectivity index (χ0) is 29.0. The first kappa shape index (κ1) is 30.7. The zero-order valence-corrected chi connectivity index (χ0v) is 23.0. The van der Waals surface area contributed by atoms with Crippen molar-refractivity contribution in [3.8, 4) is 6.07 Å². The summed E-state index contributed by atoms with van der Waals surface area (Å²) in [5.74, 6) is -1.61. The normalized spacial score (nSPS) is 18.3. The second kappa shape index (κ2) is 12.6. The summed E-state index contributed by atoms with van der Waals surface area (Å²) in [6, 6.07) is 2.46. The van der Waals surface area contributed by atoms with Crippen molar-refractivity contribution >= 4 is 31.0 Å². The van der Waals surface area contributed by atoms with Crippen LogP contribution in [-0.2, 0) is 28.8 Å². The number of nitrogens with one attached hydrogen (secondary N) is 1. The molecule has 0 saturated heterocycles. The quantitative estimate of drug-likeness (QED) is 0.135. The topological polar surface area (TPSA) is 165 Å². The van der Waals surface area contributed by atoms with E-state index in [1.165, 1.54) is 4.57 Å². The van der Waals surface area contributed by atoms with Crippen molar-refractivity contribution in [1.29, 1.82) is 5.26 Å². The molecule has 12 nitrogen and oxygen atoms in total. The number of nitriles is 1. The highest BCUT2D eigenvalue weighted by atomic mass is 31.2. The number of unbranched alkanes of at least 4 members (excludes halogenated alkanes) is 2. The number of imidazole rings is 1. The monoisotopic (exact) mass is 574 g/mol. The number of hydrogen-bond acceptors (Lipinski definition) is 9. The van der Waals surface area contributed by atoms with E-state index in [-0.39, 0.29) is 29.8 Å². The van der Waals surface area contributed by atoms with Gasteiger partial charge in [-0.05, 0) is 39.7 Å². The highest BCUT2D eigenvalue weighted by molar-refractivity contribution is 7.46. The maximum Gasteiger partial charge on any atom is 0.510 e. The number of carbonyl (C=O) groups is 1. The van der Waals surface area contributed by atoms with E-state index >= 15 is 4.39 Å². The smallest absolute Gasteiger partial charge is 0.431 e. The molecule has 0 radical (unpaired) electrons. The summed E-state index contributed by atoms with van der Waals surface area (Å²) in [7, 11) is -4.61. The lowest BCUT2D eigenvalue weighted by molar-refractivity contribution is -0.0985. The van der Waals surface area contributed by atoms with E-state index in [0.29, 0.717) is 6.42 Å². The van der Waals surface area contributed by atoms with Crippen LogP contribution >= 0.6 is 7.82 Å². The van der Waals surface area contributed by atoms with Crippen LogP contribution in [0.4, 0.5) is 19.5 Å². The third kappa shape index (κ3) is 8.09. The molecule has 1 saturated carbocycles. The van der Waals surface area contributed by atoms with Crippen molar-refractivity contribution in [2.24, 2.45) is 0 Å². The van der Waals surface area contributed by atoms with Crippen molar-refractivity contribution in [3.05, 3.63) is 23.3 Å². The van der Waals surface area contributed by atoms with Gasteiger partial charge in [-0.25, -0.2) is 23.1 Å². The number of halogens is 2. The molecule has 1 unspecified atom stereocenters. The fourth-order valence-electron chi connectivity index (χ4n) is 4.16. The number of anilines is 1. The summed E-state index contributed by atoms with van der Waals surface area (Å²) in [4.78, 5) is 33.9. The number of ether oxygens (including phenoxy) is 3. The van der Waals surface area contributed by atoms with E-state index < -0.39 is 61.9 Å². The first-order valence-electron chi connectivity index (χ1n) is 12.5. The Labute approximate surface area is 224 Å². The highest BCUT2D eigenvalue weighted by Gasteiger charge is 2.37. The first-order chi connectivity index (χ1) is 18.2. The predicted octanol–water partition coefficient (Wildman–Crippen LogP) is 5.03. The Morgan fingerprint density at radius 1 is 1.31 bits per heavy atom. The maximum absolute atomic E-state index is 15.1. The Balaban J connectivity index is 1.69. The Bertz CT molecular complexity index is 1260. The Morgan fingerprint density at radius 2 is 2.00 bits per heavy atom. The molecule has 0 spiro atoms. The molecular formula is C24H33F2N4O8P. The summed E-state index contributed by atoms with van der Waals surface area (Å²) < 4.78 is 62.5. The van der Waals surface area contributed by atoms with Crippen LogP contribution in [0.25, 0.3) is 11.0 Å². The van der Waals surface area contributed by atoms with E-state index in [9.17, 15) is 19.0 Å². The lowest BCUT2D eigenvalue weighted by Crippen LogP contribution is -2.38. The molecule has 1 atom stereocenters. The predicted molar refractivity (Wildman–Crippen MR) is 134 cm³/mol. The van der Waals surface area contributed by atoms with Gasteiger partial charge in [0.25, 0.3) is 0 Å². The van der Waals surface area contributed by atoms with Gasteiger partial charge in [0, 0.05) is 18.4 Å². The van der Waals surface area contributed by atoms with Gasteiger partial charge in [0.2, 0.25) is 5.95 Å². The lowest BCUT2D eigenvalue weighted by atomic mass is 9.92. The van der Waals surface area contributed by atoms with E-state index in [2.05, 4.69) is 14.8 Å². The molecule has 2 aromatic rings. The van der Waals surface area contributed by atoms with Gasteiger partial charge >= 0.3 is 14.0 Å². The van der Waals surface area contributed by atoms with Crippen LogP contribution in [0.2, 0.25) is 0 Å². The lowest BCUT2D eigenvalue weighted by Gasteiger charge is -2.33. The van der Waals surface area contributed by atoms with Crippen LogP contribution in [-0.4, -0.2) is 50.7 Å². The highest BCUT2D eigenvalue weighted by Crippen LogP contribution is 2.43. The fraction of sp³-hybridized carbons (Fsp3) is 0.625. The maximum atomic E-state index is 15.1. The molecule has 1 aliphatic rings. The van der Waals surface area contributed by atoms with E-state index in [1.807, 2.05) is 6.92 Å². The molecule has 39 heavy (non-hydrogen) atoms. The summed E-state index contributed by atoms with van der Waals surface area (Å²) in [5.41, 5.74) is -1.60. The number of carbonyl (C=O) groups excluding carboxylic acids is 1. The number of nitrogens with zero attached hydrogens (tertiary/aromatic N) is 3. The van der Waals surface area contributed by atoms with Crippen LogP contribution in [0.15, 0.2) is 6.07 Å². The second-order valence-corrected chi connectivity index (χ2v) is 11.4. The zero-order valence-electron chi connectivity index (χ0n) is 22.1. The van der Waals surface area contributed by atoms with Gasteiger partial charge in [0.15, 0.2) is 18.4 Å². The first-order valence-corrected chi connectivity index (χ1v) is 14.0. The SMILES string of the molecule is CCCCCC(Nc1nc2c(F)cc(C#N)c(F)c2n1C(C)(C)C)OCOC(=O)OC1CC(OP(=O)(O)O)C1. The Morgan fingerprint density at radius 3 is 2.59 bits per heavy atom. The minimum atomic E-state index is -4.61. The fourth-order valence-corrected chi connectivity index (χ4v) is 4.72. The number of phosphoric acid groups is 1. The Hall–Kier alpha value is -2.82. The minimum Gasteiger partial charge on any atom is -0.431 e. The standard InChI is InChI=1S/C24H33F2N4O8P/c1-5-6-7-8-18(35-13-36-23(31)37-15-10-16(11-15)38-39(32,33)34)28-22-29-20-17(25)9-14(12-27)19(26)21(20)30(22)24(2,3)4/h9,15-16,18H,5-8,10-11,13H2,1-4H3,(H,28,29)(H2,32,33,34). The number of aromatic nitrogens is 2. The minimum absolute atomic E-state index is 0.111. The third-order valence-electron chi connectivity index (χ3n) is 6.02. The van der Waals surface area contributed by atoms with Gasteiger partial charge in [-0.3, -0.25) is 4.52 Å². The van der Waals surface area contributed by atoms with E-state index in [0.717, 1.165) is 25.3 Å². The number of rotatable bonds is 12. The van der Waals surface area contributed by atoms with Gasteiger partial charge < -0.3 is 33.9 Å². The van der Waals surface area contributed by atoms with Crippen LogP contribution in [0.5, 0.6) is 0 Å². The average molecular weight is 575 g/mol. The van der Waals surface area contributed by atoms with Crippen molar-refractivity contribution < 1.29 is 46.7 Å². The Kier molecular flexibility index (Phi) is 9.90. The van der Waals surface area contributed by atoms with Crippen LogP contribution in [0.3, 0.4) is 0 Å². The molecule has 1 aromatic heterocycles. The van der Waals surface area contributed by atoms with E-state index in [1.54, 1.807) is 26.8 Å². The molecule has 1 heterocycles. The summed E-state index contributed by atoms with van der Waals surface area (Å²) in [5, 5.41) is 12.3. The average Bonchev–Trinajstić information content (AvgIpc) is 3.19. The van der Waals surface area contributed by atoms with Crippen molar-refractivity contribution in [1.82, 2.24) is 9.55 Å². The molecule has 3 rings (SSSR count). The molecule has 3 N–H and O–H groups in total. The number of benzene rings is 1. The van der Waals surface area contributed by atoms with Gasteiger partial charge in [-0.2, -0.15) is 5.26 Å². The summed E-state index contributed by atoms with van der Waals surface area (Å²) in [6.45, 7) is 6.84. The van der Waals surface area contributed by atoms with Gasteiger partial charge in [0.1, 0.15) is 29.4 Å². The molecule has 0 aliphatic heterocycles. The molecule has 216 valence electrons. The molecule has 1 fully saturated rings. The van der Waals surface area contributed by atoms with Crippen molar-refractivity contribution in [3.63, 3.8) is 0 Å². The second-order valence-electron chi connectivity index (χ2n) is 10.2. The van der Waals surface area contributed by atoms with Gasteiger partial charge in [-0.15, -0.1) is 0 Å². The summed E-state index contributed by atoms with van der Waals surface area (Å²) >= 11 is 0. The van der Waals surface area contributed by atoms with Gasteiger partial charge in [0.05, 0.1) is 11.7 Å². The molecule has 0 amide bonds. The van der Waals surface area contributed by atoms with Crippen LogP contribution in [0, 0.1) is 23.0 Å². The van der Waals surface area contributed by atoms with E-state index in [4.69, 9.17) is 24.0 Å². The number of phosphoric ester groups is 1. The molecular weight excluding hydrogens is 541 g/mol.